The molecule has 3 rings (SSSR count). The molecule has 2 unspecified atom stereocenters. The number of pyridine rings is 1. The molecule has 0 spiro atoms. The van der Waals surface area contributed by atoms with E-state index in [-0.39, 0.29) is 34.8 Å². The Morgan fingerprint density at radius 1 is 1.11 bits per heavy atom. The molecule has 0 radical (unpaired) electrons. The van der Waals surface area contributed by atoms with Gasteiger partial charge in [0.1, 0.15) is 11.8 Å². The Labute approximate surface area is 208 Å². The number of benzene rings is 1. The van der Waals surface area contributed by atoms with Crippen LogP contribution in [-0.4, -0.2) is 65.2 Å². The van der Waals surface area contributed by atoms with Crippen LogP contribution in [0.4, 0.5) is 0 Å². The van der Waals surface area contributed by atoms with Crippen LogP contribution < -0.4 is 19.7 Å². The van der Waals surface area contributed by atoms with Crippen LogP contribution in [0.2, 0.25) is 0 Å². The first-order chi connectivity index (χ1) is 17.3. The second-order valence-electron chi connectivity index (χ2n) is 8.04. The van der Waals surface area contributed by atoms with Gasteiger partial charge in [0.2, 0.25) is 5.75 Å². The van der Waals surface area contributed by atoms with Crippen molar-refractivity contribution in [2.75, 3.05) is 21.3 Å². The normalized spacial score (nSPS) is 17.6. The van der Waals surface area contributed by atoms with Gasteiger partial charge in [-0.1, -0.05) is 19.8 Å². The van der Waals surface area contributed by atoms with Gasteiger partial charge in [-0.3, -0.25) is 24.6 Å². The Morgan fingerprint density at radius 2 is 1.72 bits per heavy atom. The second-order valence-corrected chi connectivity index (χ2v) is 8.04. The van der Waals surface area contributed by atoms with Crippen molar-refractivity contribution in [1.82, 2.24) is 15.4 Å². The number of hydrogen-bond donors (Lipinski definition) is 3. The highest BCUT2D eigenvalue weighted by Gasteiger charge is 2.50. The Morgan fingerprint density at radius 3 is 2.22 bits per heavy atom. The first-order valence-electron chi connectivity index (χ1n) is 11.3. The highest BCUT2D eigenvalue weighted by Crippen LogP contribution is 2.46. The molecule has 2 amide bonds. The average molecular weight is 500 g/mol. The van der Waals surface area contributed by atoms with Gasteiger partial charge < -0.3 is 24.2 Å². The van der Waals surface area contributed by atoms with E-state index in [1.807, 2.05) is 6.92 Å². The molecule has 1 aliphatic rings. The minimum absolute atomic E-state index is 0.173. The smallest absolute Gasteiger partial charge is 0.296 e. The van der Waals surface area contributed by atoms with Crippen molar-refractivity contribution in [3.05, 3.63) is 53.4 Å². The van der Waals surface area contributed by atoms with Crippen molar-refractivity contribution in [2.24, 2.45) is 0 Å². The summed E-state index contributed by atoms with van der Waals surface area (Å²) < 4.78 is 16.3. The van der Waals surface area contributed by atoms with E-state index in [0.717, 1.165) is 4.90 Å². The van der Waals surface area contributed by atoms with Crippen molar-refractivity contribution in [2.45, 2.75) is 38.3 Å². The maximum absolute atomic E-state index is 13.4. The molecule has 2 heterocycles. The zero-order valence-electron chi connectivity index (χ0n) is 20.5. The minimum atomic E-state index is -1.20. The van der Waals surface area contributed by atoms with Crippen molar-refractivity contribution in [1.29, 1.82) is 0 Å². The maximum Gasteiger partial charge on any atom is 0.296 e. The third-order valence-electron chi connectivity index (χ3n) is 6.02. The van der Waals surface area contributed by atoms with E-state index >= 15 is 0 Å². The number of carbonyl (C=O) groups is 3. The third-order valence-corrected chi connectivity index (χ3v) is 6.02. The van der Waals surface area contributed by atoms with Gasteiger partial charge in [0.25, 0.3) is 17.6 Å². The Balaban J connectivity index is 2.34. The number of amides is 2. The van der Waals surface area contributed by atoms with E-state index in [1.54, 1.807) is 17.6 Å². The summed E-state index contributed by atoms with van der Waals surface area (Å²) in [6, 6.07) is 3.66. The number of Topliss-reactive ketones (excluding diaryl/α,β-unsaturated/α-hetero) is 1. The summed E-state index contributed by atoms with van der Waals surface area (Å²) in [5, 5.41) is 20.6. The third kappa shape index (κ3) is 4.82. The largest absolute Gasteiger partial charge is 0.507 e. The number of rotatable bonds is 10. The summed E-state index contributed by atoms with van der Waals surface area (Å²) >= 11 is 0. The summed E-state index contributed by atoms with van der Waals surface area (Å²) in [6.07, 6.45) is 4.27. The first-order valence-corrected chi connectivity index (χ1v) is 11.3. The van der Waals surface area contributed by atoms with E-state index < -0.39 is 35.4 Å². The van der Waals surface area contributed by atoms with Crippen LogP contribution in [0.15, 0.2) is 42.2 Å². The number of aromatic nitrogens is 1. The van der Waals surface area contributed by atoms with Crippen molar-refractivity contribution >= 4 is 23.4 Å². The molecule has 1 saturated heterocycles. The molecule has 3 N–H and O–H groups in total. The standard InChI is InChI=1S/C25H29N3O8/c1-5-6-7-16(24(31)27-33)28-20(15-12-17(34-2)23(36-4)18(13-15)35-3)19(22(30)25(28)32)21(29)14-8-10-26-11-9-14/h8-13,16,20,29,33H,5-7H2,1-4H3,(H,27,31). The Kier molecular flexibility index (Phi) is 8.49. The number of aliphatic hydroxyl groups is 1. The van der Waals surface area contributed by atoms with Crippen LogP contribution in [0.25, 0.3) is 5.76 Å². The fourth-order valence-electron chi connectivity index (χ4n) is 4.29. The van der Waals surface area contributed by atoms with Gasteiger partial charge in [0.05, 0.1) is 32.9 Å². The van der Waals surface area contributed by atoms with E-state index in [1.165, 1.54) is 45.9 Å². The zero-order valence-corrected chi connectivity index (χ0v) is 20.5. The fourth-order valence-corrected chi connectivity index (χ4v) is 4.29. The molecule has 0 aliphatic carbocycles. The molecule has 1 fully saturated rings. The molecule has 2 aromatic rings. The molecule has 0 bridgehead atoms. The second kappa shape index (κ2) is 11.5. The van der Waals surface area contributed by atoms with E-state index in [0.29, 0.717) is 18.4 Å². The van der Waals surface area contributed by atoms with E-state index in [2.05, 4.69) is 4.98 Å². The number of ether oxygens (including phenoxy) is 3. The van der Waals surface area contributed by atoms with E-state index in [4.69, 9.17) is 14.2 Å². The Bertz CT molecular complexity index is 1140. The van der Waals surface area contributed by atoms with Gasteiger partial charge in [0.15, 0.2) is 11.5 Å². The number of unbranched alkanes of at least 4 members (excludes halogenated alkanes) is 1. The molecule has 192 valence electrons. The Hall–Kier alpha value is -4.12. The maximum atomic E-state index is 13.4. The number of nitrogens with one attached hydrogen (secondary N) is 1. The van der Waals surface area contributed by atoms with Gasteiger partial charge in [-0.05, 0) is 36.2 Å². The highest BCUT2D eigenvalue weighted by molar-refractivity contribution is 6.47. The van der Waals surface area contributed by atoms with Gasteiger partial charge in [-0.25, -0.2) is 5.48 Å². The van der Waals surface area contributed by atoms with E-state index in [9.17, 15) is 24.7 Å². The summed E-state index contributed by atoms with van der Waals surface area (Å²) in [5.74, 6) is -2.48. The number of hydrogen-bond acceptors (Lipinski definition) is 9. The molecule has 11 heteroatoms. The molecule has 1 aromatic carbocycles. The first kappa shape index (κ1) is 26.5. The SMILES string of the molecule is CCCCC(C(=O)NO)N1C(=O)C(=O)C(=C(O)c2ccncc2)C1c1cc(OC)c(OC)c(OC)c1. The van der Waals surface area contributed by atoms with Crippen LogP contribution >= 0.6 is 0 Å². The van der Waals surface area contributed by atoms with Crippen LogP contribution in [-0.2, 0) is 14.4 Å². The number of ketones is 1. The van der Waals surface area contributed by atoms with Gasteiger partial charge in [-0.2, -0.15) is 0 Å². The predicted molar refractivity (Wildman–Crippen MR) is 128 cm³/mol. The number of hydroxylamine groups is 1. The quantitative estimate of drug-likeness (QED) is 0.147. The van der Waals surface area contributed by atoms with Crippen LogP contribution in [0.5, 0.6) is 17.2 Å². The lowest BCUT2D eigenvalue weighted by molar-refractivity contribution is -0.147. The van der Waals surface area contributed by atoms with Crippen molar-refractivity contribution in [3.8, 4) is 17.2 Å². The lowest BCUT2D eigenvalue weighted by Gasteiger charge is -2.32. The summed E-state index contributed by atoms with van der Waals surface area (Å²) in [4.78, 5) is 44.4. The van der Waals surface area contributed by atoms with Crippen LogP contribution in [0.3, 0.4) is 0 Å². The molecular weight excluding hydrogens is 470 g/mol. The van der Waals surface area contributed by atoms with Crippen LogP contribution in [0, 0.1) is 0 Å². The summed E-state index contributed by atoms with van der Waals surface area (Å²) in [6.45, 7) is 1.90. The number of aliphatic hydroxyl groups excluding tert-OH is 1. The summed E-state index contributed by atoms with van der Waals surface area (Å²) in [7, 11) is 4.26. The molecule has 0 saturated carbocycles. The molecule has 2 atom stereocenters. The molecule has 36 heavy (non-hydrogen) atoms. The molecule has 1 aliphatic heterocycles. The molecular formula is C25H29N3O8. The lowest BCUT2D eigenvalue weighted by atomic mass is 9.93. The van der Waals surface area contributed by atoms with Gasteiger partial charge >= 0.3 is 0 Å². The average Bonchev–Trinajstić information content (AvgIpc) is 3.17. The number of likely N-dealkylation sites (tertiary alicyclic amines) is 1. The zero-order chi connectivity index (χ0) is 26.4. The minimum Gasteiger partial charge on any atom is -0.507 e. The van der Waals surface area contributed by atoms with Crippen molar-refractivity contribution in [3.63, 3.8) is 0 Å². The number of nitrogens with zero attached hydrogens (tertiary/aromatic N) is 2. The topological polar surface area (TPSA) is 148 Å². The number of methoxy groups -OCH3 is 3. The molecule has 11 nitrogen and oxygen atoms in total. The van der Waals surface area contributed by atoms with Crippen molar-refractivity contribution < 1.29 is 38.9 Å². The van der Waals surface area contributed by atoms with Gasteiger partial charge in [0, 0.05) is 18.0 Å². The van der Waals surface area contributed by atoms with Crippen LogP contribution in [0.1, 0.15) is 43.4 Å². The highest BCUT2D eigenvalue weighted by atomic mass is 16.5. The number of carbonyl (C=O) groups excluding carboxylic acids is 3. The van der Waals surface area contributed by atoms with Gasteiger partial charge in [-0.15, -0.1) is 0 Å². The fraction of sp³-hybridized carbons (Fsp3) is 0.360. The summed E-state index contributed by atoms with van der Waals surface area (Å²) in [5.41, 5.74) is 1.95. The lowest BCUT2D eigenvalue weighted by Crippen LogP contribution is -2.48. The predicted octanol–water partition coefficient (Wildman–Crippen LogP) is 2.59. The monoisotopic (exact) mass is 499 g/mol. The molecule has 1 aromatic heterocycles.